The molecular formula is C22H21ClN2O4S. The van der Waals surface area contributed by atoms with Gasteiger partial charge >= 0.3 is 5.97 Å². The highest BCUT2D eigenvalue weighted by atomic mass is 35.5. The largest absolute Gasteiger partial charge is 0.486 e. The van der Waals surface area contributed by atoms with E-state index in [-0.39, 0.29) is 19.1 Å². The molecule has 0 saturated carbocycles. The minimum atomic E-state index is -0.575. The van der Waals surface area contributed by atoms with E-state index in [4.69, 9.17) is 21.1 Å². The molecule has 0 unspecified atom stereocenters. The van der Waals surface area contributed by atoms with Gasteiger partial charge in [-0.25, -0.2) is 9.78 Å². The monoisotopic (exact) mass is 444 g/mol. The smallest absolute Gasteiger partial charge is 0.350 e. The van der Waals surface area contributed by atoms with E-state index < -0.39 is 5.97 Å². The van der Waals surface area contributed by atoms with Gasteiger partial charge in [0.05, 0.1) is 5.69 Å². The van der Waals surface area contributed by atoms with Gasteiger partial charge in [0, 0.05) is 11.6 Å². The number of nitrogens with zero attached hydrogens (tertiary/aromatic N) is 1. The van der Waals surface area contributed by atoms with E-state index in [0.29, 0.717) is 32.9 Å². The summed E-state index contributed by atoms with van der Waals surface area (Å²) in [5.74, 6) is -0.282. The fourth-order valence-electron chi connectivity index (χ4n) is 2.63. The number of amides is 1. The van der Waals surface area contributed by atoms with Crippen molar-refractivity contribution in [1.29, 1.82) is 0 Å². The van der Waals surface area contributed by atoms with E-state index in [1.165, 1.54) is 11.3 Å². The van der Waals surface area contributed by atoms with E-state index >= 15 is 0 Å². The first-order valence-corrected chi connectivity index (χ1v) is 10.4. The number of nitrogens with one attached hydrogen (secondary N) is 1. The summed E-state index contributed by atoms with van der Waals surface area (Å²) in [5.41, 5.74) is 2.64. The lowest BCUT2D eigenvalue weighted by Crippen LogP contribution is -2.28. The maximum atomic E-state index is 12.3. The predicted molar refractivity (Wildman–Crippen MR) is 116 cm³/mol. The van der Waals surface area contributed by atoms with Gasteiger partial charge in [-0.2, -0.15) is 0 Å². The van der Waals surface area contributed by atoms with Crippen molar-refractivity contribution in [3.05, 3.63) is 80.3 Å². The quantitative estimate of drug-likeness (QED) is 0.519. The van der Waals surface area contributed by atoms with Crippen molar-refractivity contribution in [2.45, 2.75) is 27.0 Å². The van der Waals surface area contributed by atoms with Gasteiger partial charge in [0.2, 0.25) is 0 Å². The molecule has 1 aromatic heterocycles. The number of ether oxygens (including phenoxy) is 2. The first-order valence-electron chi connectivity index (χ1n) is 9.25. The summed E-state index contributed by atoms with van der Waals surface area (Å²) in [6.07, 6.45) is 0. The van der Waals surface area contributed by atoms with Crippen LogP contribution in [0.1, 0.15) is 31.5 Å². The Kier molecular flexibility index (Phi) is 7.43. The zero-order valence-corrected chi connectivity index (χ0v) is 18.2. The van der Waals surface area contributed by atoms with Gasteiger partial charge in [-0.05, 0) is 49.2 Å². The number of thiazole rings is 1. The molecule has 2 aromatic carbocycles. The molecule has 1 N–H and O–H groups in total. The lowest BCUT2D eigenvalue weighted by atomic mass is 10.1. The van der Waals surface area contributed by atoms with E-state index in [9.17, 15) is 9.59 Å². The predicted octanol–water partition coefficient (Wildman–Crippen LogP) is 4.47. The molecule has 0 aliphatic heterocycles. The molecule has 0 atom stereocenters. The summed E-state index contributed by atoms with van der Waals surface area (Å²) in [6.45, 7) is 3.95. The van der Waals surface area contributed by atoms with Crippen LogP contribution in [-0.2, 0) is 22.7 Å². The molecule has 8 heteroatoms. The van der Waals surface area contributed by atoms with Crippen molar-refractivity contribution in [2.75, 3.05) is 6.61 Å². The molecule has 0 saturated heterocycles. The van der Waals surface area contributed by atoms with Crippen LogP contribution in [0.2, 0.25) is 5.02 Å². The second-order valence-electron chi connectivity index (χ2n) is 6.54. The van der Waals surface area contributed by atoms with Crippen molar-refractivity contribution >= 4 is 34.8 Å². The summed E-state index contributed by atoms with van der Waals surface area (Å²) < 4.78 is 10.8. The van der Waals surface area contributed by atoms with Crippen molar-refractivity contribution in [3.8, 4) is 5.75 Å². The average molecular weight is 445 g/mol. The number of esters is 1. The van der Waals surface area contributed by atoms with Crippen LogP contribution in [0.5, 0.6) is 5.75 Å². The van der Waals surface area contributed by atoms with Gasteiger partial charge in [0.15, 0.2) is 6.61 Å². The molecular weight excluding hydrogens is 424 g/mol. The molecule has 156 valence electrons. The Morgan fingerprint density at radius 3 is 2.57 bits per heavy atom. The molecule has 3 aromatic rings. The topological polar surface area (TPSA) is 77.5 Å². The second kappa shape index (κ2) is 10.2. The molecule has 0 aliphatic rings. The number of benzene rings is 2. The third kappa shape index (κ3) is 6.05. The summed E-state index contributed by atoms with van der Waals surface area (Å²) in [5, 5.41) is 4.01. The number of aromatic nitrogens is 1. The third-order valence-electron chi connectivity index (χ3n) is 4.27. The number of carbonyl (C=O) groups excluding carboxylic acids is 2. The number of hydrogen-bond acceptors (Lipinski definition) is 6. The molecule has 1 amide bonds. The van der Waals surface area contributed by atoms with Crippen LogP contribution in [0.4, 0.5) is 0 Å². The number of rotatable bonds is 8. The Morgan fingerprint density at radius 2 is 1.83 bits per heavy atom. The van der Waals surface area contributed by atoms with Gasteiger partial charge in [-0.3, -0.25) is 4.79 Å². The molecule has 1 heterocycles. The van der Waals surface area contributed by atoms with Crippen LogP contribution < -0.4 is 10.1 Å². The highest BCUT2D eigenvalue weighted by Gasteiger charge is 2.18. The zero-order chi connectivity index (χ0) is 21.5. The maximum Gasteiger partial charge on any atom is 0.350 e. The minimum absolute atomic E-state index is 0.220. The number of aryl methyl sites for hydroxylation is 2. The zero-order valence-electron chi connectivity index (χ0n) is 16.6. The third-order valence-corrected chi connectivity index (χ3v) is 5.64. The van der Waals surface area contributed by atoms with Crippen LogP contribution in [0, 0.1) is 13.8 Å². The molecule has 3 rings (SSSR count). The summed E-state index contributed by atoms with van der Waals surface area (Å²) >= 11 is 7.04. The Morgan fingerprint density at radius 1 is 1.10 bits per heavy atom. The van der Waals surface area contributed by atoms with E-state index in [1.54, 1.807) is 31.2 Å². The molecule has 0 radical (unpaired) electrons. The Balaban J connectivity index is 1.48. The van der Waals surface area contributed by atoms with Crippen LogP contribution in [0.3, 0.4) is 0 Å². The standard InChI is InChI=1S/C22H21ClN2O4S/c1-14-5-3-4-6-16(14)11-24-19(26)12-29-22(27)21-15(2)25-20(30-21)13-28-18-9-7-17(23)8-10-18/h3-10H,11-13H2,1-2H3,(H,24,26). The maximum absolute atomic E-state index is 12.3. The fraction of sp³-hybridized carbons (Fsp3) is 0.227. The normalized spacial score (nSPS) is 10.5. The lowest BCUT2D eigenvalue weighted by Gasteiger charge is -2.08. The van der Waals surface area contributed by atoms with Crippen molar-refractivity contribution < 1.29 is 19.1 Å². The van der Waals surface area contributed by atoms with E-state index in [0.717, 1.165) is 11.1 Å². The van der Waals surface area contributed by atoms with Crippen LogP contribution >= 0.6 is 22.9 Å². The van der Waals surface area contributed by atoms with E-state index in [1.807, 2.05) is 31.2 Å². The molecule has 30 heavy (non-hydrogen) atoms. The SMILES string of the molecule is Cc1ccccc1CNC(=O)COC(=O)c1sc(COc2ccc(Cl)cc2)nc1C. The molecule has 0 fully saturated rings. The highest BCUT2D eigenvalue weighted by Crippen LogP contribution is 2.22. The van der Waals surface area contributed by atoms with Crippen molar-refractivity contribution in [1.82, 2.24) is 10.3 Å². The average Bonchev–Trinajstić information content (AvgIpc) is 3.11. The lowest BCUT2D eigenvalue weighted by molar-refractivity contribution is -0.124. The Labute approximate surface area is 183 Å². The van der Waals surface area contributed by atoms with Crippen LogP contribution in [0.15, 0.2) is 48.5 Å². The first-order chi connectivity index (χ1) is 14.4. The Bertz CT molecular complexity index is 1030. The van der Waals surface area contributed by atoms with Crippen LogP contribution in [-0.4, -0.2) is 23.5 Å². The van der Waals surface area contributed by atoms with Crippen molar-refractivity contribution in [2.24, 2.45) is 0 Å². The summed E-state index contributed by atoms with van der Waals surface area (Å²) in [4.78, 5) is 29.0. The first kappa shape index (κ1) is 21.8. The van der Waals surface area contributed by atoms with Crippen LogP contribution in [0.25, 0.3) is 0 Å². The summed E-state index contributed by atoms with van der Waals surface area (Å²) in [7, 11) is 0. The molecule has 6 nitrogen and oxygen atoms in total. The Hall–Kier alpha value is -2.90. The fourth-order valence-corrected chi connectivity index (χ4v) is 3.63. The molecule has 0 aliphatic carbocycles. The van der Waals surface area contributed by atoms with Gasteiger partial charge in [-0.1, -0.05) is 35.9 Å². The molecule has 0 spiro atoms. The van der Waals surface area contributed by atoms with Crippen molar-refractivity contribution in [3.63, 3.8) is 0 Å². The van der Waals surface area contributed by atoms with Gasteiger partial charge < -0.3 is 14.8 Å². The van der Waals surface area contributed by atoms with Gasteiger partial charge in [-0.15, -0.1) is 11.3 Å². The second-order valence-corrected chi connectivity index (χ2v) is 8.06. The number of hydrogen-bond donors (Lipinski definition) is 1. The number of carbonyl (C=O) groups is 2. The van der Waals surface area contributed by atoms with E-state index in [2.05, 4.69) is 10.3 Å². The number of halogens is 1. The summed E-state index contributed by atoms with van der Waals surface area (Å²) in [6, 6.07) is 14.7. The molecule has 0 bridgehead atoms. The van der Waals surface area contributed by atoms with Gasteiger partial charge in [0.1, 0.15) is 22.2 Å². The van der Waals surface area contributed by atoms with Gasteiger partial charge in [0.25, 0.3) is 5.91 Å². The minimum Gasteiger partial charge on any atom is -0.486 e. The highest BCUT2D eigenvalue weighted by molar-refractivity contribution is 7.13.